The number of nitrogens with zero attached hydrogens (tertiary/aromatic N) is 2. The molecule has 1 heterocycles. The zero-order chi connectivity index (χ0) is 23.6. The largest absolute Gasteiger partial charge is 0.419 e. The van der Waals surface area contributed by atoms with E-state index in [-0.39, 0.29) is 12.2 Å². The molecule has 33 heavy (non-hydrogen) atoms. The summed E-state index contributed by atoms with van der Waals surface area (Å²) in [7, 11) is 0. The molecule has 2 N–H and O–H groups in total. The van der Waals surface area contributed by atoms with Crippen molar-refractivity contribution >= 4 is 10.9 Å². The number of halogens is 4. The third kappa shape index (κ3) is 3.29. The van der Waals surface area contributed by atoms with Crippen molar-refractivity contribution in [2.75, 3.05) is 0 Å². The van der Waals surface area contributed by atoms with Crippen molar-refractivity contribution in [2.24, 2.45) is 5.92 Å². The Morgan fingerprint density at radius 2 is 1.88 bits per heavy atom. The van der Waals surface area contributed by atoms with Gasteiger partial charge in [0.15, 0.2) is 5.60 Å². The lowest BCUT2D eigenvalue weighted by Gasteiger charge is -2.52. The van der Waals surface area contributed by atoms with Crippen LogP contribution in [0.2, 0.25) is 0 Å². The summed E-state index contributed by atoms with van der Waals surface area (Å²) in [5.41, 5.74) is -0.213. The van der Waals surface area contributed by atoms with Crippen LogP contribution >= 0.6 is 0 Å². The molecule has 0 amide bonds. The maximum absolute atomic E-state index is 13.7. The first kappa shape index (κ1) is 22.3. The highest BCUT2D eigenvalue weighted by molar-refractivity contribution is 5.82. The van der Waals surface area contributed by atoms with Crippen LogP contribution < -0.4 is 0 Å². The van der Waals surface area contributed by atoms with E-state index in [9.17, 15) is 27.8 Å². The third-order valence-corrected chi connectivity index (χ3v) is 7.97. The maximum Gasteiger partial charge on any atom is 0.419 e. The van der Waals surface area contributed by atoms with Crippen LogP contribution in [-0.2, 0) is 11.8 Å². The average molecular weight is 462 g/mol. The molecule has 2 aliphatic rings. The predicted octanol–water partition coefficient (Wildman–Crippen LogP) is 5.21. The van der Waals surface area contributed by atoms with E-state index in [0.717, 1.165) is 22.0 Å². The van der Waals surface area contributed by atoms with Crippen LogP contribution in [0.3, 0.4) is 0 Å². The Morgan fingerprint density at radius 3 is 2.55 bits per heavy atom. The normalized spacial score (nSPS) is 30.0. The first-order valence-electron chi connectivity index (χ1n) is 11.3. The minimum Gasteiger partial charge on any atom is -0.390 e. The Morgan fingerprint density at radius 1 is 1.15 bits per heavy atom. The molecule has 0 spiro atoms. The number of benzene rings is 2. The predicted molar refractivity (Wildman–Crippen MR) is 116 cm³/mol. The van der Waals surface area contributed by atoms with E-state index in [1.54, 1.807) is 23.0 Å². The fourth-order valence-corrected chi connectivity index (χ4v) is 6.14. The van der Waals surface area contributed by atoms with Gasteiger partial charge in [-0.25, -0.2) is 9.07 Å². The molecule has 8 heteroatoms. The van der Waals surface area contributed by atoms with Crippen molar-refractivity contribution in [3.63, 3.8) is 0 Å². The third-order valence-electron chi connectivity index (χ3n) is 7.97. The number of aryl methyl sites for hydroxylation is 1. The molecule has 176 valence electrons. The van der Waals surface area contributed by atoms with Gasteiger partial charge < -0.3 is 10.2 Å². The van der Waals surface area contributed by atoms with Gasteiger partial charge in [-0.2, -0.15) is 18.3 Å². The molecular formula is C25H26F4N2O2. The van der Waals surface area contributed by atoms with Crippen molar-refractivity contribution in [2.45, 2.75) is 68.7 Å². The van der Waals surface area contributed by atoms with Crippen LogP contribution in [0.5, 0.6) is 0 Å². The lowest BCUT2D eigenvalue weighted by molar-refractivity contribution is -0.310. The number of aliphatic hydroxyl groups excluding tert-OH is 1. The van der Waals surface area contributed by atoms with Gasteiger partial charge in [-0.15, -0.1) is 0 Å². The van der Waals surface area contributed by atoms with Crippen molar-refractivity contribution in [3.05, 3.63) is 59.5 Å². The summed E-state index contributed by atoms with van der Waals surface area (Å²) in [6, 6.07) is 10.0. The van der Waals surface area contributed by atoms with E-state index >= 15 is 0 Å². The number of aromatic nitrogens is 2. The molecule has 0 aliphatic heterocycles. The van der Waals surface area contributed by atoms with Gasteiger partial charge in [0.1, 0.15) is 5.82 Å². The Kier molecular flexibility index (Phi) is 5.10. The number of hydrogen-bond donors (Lipinski definition) is 2. The number of fused-ring (bicyclic) bond motifs is 4. The van der Waals surface area contributed by atoms with Gasteiger partial charge >= 0.3 is 6.18 Å². The fraction of sp³-hybridized carbons (Fsp3) is 0.480. The first-order chi connectivity index (χ1) is 15.6. The van der Waals surface area contributed by atoms with Crippen molar-refractivity contribution in [1.29, 1.82) is 0 Å². The quantitative estimate of drug-likeness (QED) is 0.514. The van der Waals surface area contributed by atoms with Gasteiger partial charge in [0.05, 0.1) is 23.5 Å². The van der Waals surface area contributed by atoms with Gasteiger partial charge in [-0.3, -0.25) is 0 Å². The van der Waals surface area contributed by atoms with Crippen LogP contribution in [0.15, 0.2) is 42.6 Å². The van der Waals surface area contributed by atoms with Gasteiger partial charge in [0.2, 0.25) is 0 Å². The first-order valence-corrected chi connectivity index (χ1v) is 11.3. The average Bonchev–Trinajstić information content (AvgIpc) is 3.11. The summed E-state index contributed by atoms with van der Waals surface area (Å²) in [5, 5.41) is 26.4. The molecule has 1 aromatic heterocycles. The smallest absolute Gasteiger partial charge is 0.390 e. The zero-order valence-electron chi connectivity index (χ0n) is 18.2. The summed E-state index contributed by atoms with van der Waals surface area (Å²) in [5.74, 6) is -0.738. The highest BCUT2D eigenvalue weighted by Crippen LogP contribution is 2.57. The second-order valence-electron chi connectivity index (χ2n) is 9.55. The summed E-state index contributed by atoms with van der Waals surface area (Å²) < 4.78 is 56.2. The van der Waals surface area contributed by atoms with Crippen molar-refractivity contribution in [3.8, 4) is 5.69 Å². The van der Waals surface area contributed by atoms with Crippen LogP contribution in [0.4, 0.5) is 17.6 Å². The highest BCUT2D eigenvalue weighted by Gasteiger charge is 2.65. The molecule has 2 aromatic carbocycles. The van der Waals surface area contributed by atoms with E-state index in [1.165, 1.54) is 12.1 Å². The molecule has 3 aromatic rings. The number of aliphatic hydroxyl groups is 2. The Balaban J connectivity index is 1.64. The summed E-state index contributed by atoms with van der Waals surface area (Å²) >= 11 is 0. The molecule has 4 atom stereocenters. The standard InChI is InChI=1S/C25H26F4N2O2/c1-2-23-13-22(32)24(33,25(27,28)29)12-17(23)5-3-4-15-11-21-16(10-20(15)23)14-30-31(21)19-8-6-18(26)7-9-19/h6-11,14,17,22,32-33H,2-5,12-13H2,1H3/t17-,22-,23-,24+/m0/s1. The van der Waals surface area contributed by atoms with Crippen LogP contribution in [-0.4, -0.2) is 37.9 Å². The van der Waals surface area contributed by atoms with Gasteiger partial charge in [-0.1, -0.05) is 6.92 Å². The van der Waals surface area contributed by atoms with Gasteiger partial charge in [-0.05, 0) is 92.0 Å². The van der Waals surface area contributed by atoms with E-state index in [0.29, 0.717) is 31.4 Å². The Hall–Kier alpha value is -2.45. The monoisotopic (exact) mass is 462 g/mol. The van der Waals surface area contributed by atoms with E-state index in [2.05, 4.69) is 5.10 Å². The molecule has 1 saturated carbocycles. The molecule has 4 nitrogen and oxygen atoms in total. The Labute approximate surface area is 188 Å². The number of hydrogen-bond acceptors (Lipinski definition) is 3. The van der Waals surface area contributed by atoms with E-state index < -0.39 is 35.6 Å². The van der Waals surface area contributed by atoms with Crippen molar-refractivity contribution < 1.29 is 27.8 Å². The van der Waals surface area contributed by atoms with E-state index in [1.807, 2.05) is 19.1 Å². The molecule has 1 fully saturated rings. The van der Waals surface area contributed by atoms with Crippen LogP contribution in [0, 0.1) is 11.7 Å². The maximum atomic E-state index is 13.7. The number of rotatable bonds is 2. The van der Waals surface area contributed by atoms with Crippen LogP contribution in [0.1, 0.15) is 50.2 Å². The second-order valence-corrected chi connectivity index (χ2v) is 9.55. The molecule has 0 bridgehead atoms. The van der Waals surface area contributed by atoms with Gasteiger partial charge in [0, 0.05) is 10.8 Å². The van der Waals surface area contributed by atoms with Gasteiger partial charge in [0.25, 0.3) is 0 Å². The second kappa shape index (κ2) is 7.53. The molecule has 0 saturated heterocycles. The highest BCUT2D eigenvalue weighted by atomic mass is 19.4. The lowest BCUT2D eigenvalue weighted by Crippen LogP contribution is -2.62. The number of alkyl halides is 3. The molecular weight excluding hydrogens is 436 g/mol. The Bertz CT molecular complexity index is 1190. The molecule has 0 unspecified atom stereocenters. The lowest BCUT2D eigenvalue weighted by atomic mass is 9.55. The topological polar surface area (TPSA) is 58.3 Å². The van der Waals surface area contributed by atoms with E-state index in [4.69, 9.17) is 0 Å². The molecule has 2 aliphatic carbocycles. The fourth-order valence-electron chi connectivity index (χ4n) is 6.14. The van der Waals surface area contributed by atoms with Crippen LogP contribution in [0.25, 0.3) is 16.6 Å². The summed E-state index contributed by atoms with van der Waals surface area (Å²) in [4.78, 5) is 0. The molecule has 5 rings (SSSR count). The SMILES string of the molecule is CC[C@]12C[C@H](O)[C@@](O)(C(F)(F)F)C[C@@H]1CCCc1cc3c(cnn3-c3ccc(F)cc3)cc12. The molecule has 0 radical (unpaired) electrons. The summed E-state index contributed by atoms with van der Waals surface area (Å²) in [6.07, 6.45) is -3.22. The minimum absolute atomic E-state index is 0.144. The van der Waals surface area contributed by atoms with Crippen molar-refractivity contribution in [1.82, 2.24) is 9.78 Å². The minimum atomic E-state index is -4.89. The zero-order valence-corrected chi connectivity index (χ0v) is 18.2. The summed E-state index contributed by atoms with van der Waals surface area (Å²) in [6.45, 7) is 1.94.